The summed E-state index contributed by atoms with van der Waals surface area (Å²) in [5, 5.41) is 2.48. The van der Waals surface area contributed by atoms with Gasteiger partial charge in [0.15, 0.2) is 0 Å². The van der Waals surface area contributed by atoms with Crippen LogP contribution in [0.15, 0.2) is 188 Å². The van der Waals surface area contributed by atoms with E-state index in [-0.39, 0.29) is 5.41 Å². The highest BCUT2D eigenvalue weighted by Gasteiger charge is 2.37. The molecule has 1 heteroatoms. The summed E-state index contributed by atoms with van der Waals surface area (Å²) < 4.78 is 0. The molecule has 238 valence electrons. The molecule has 0 unspecified atom stereocenters. The summed E-state index contributed by atoms with van der Waals surface area (Å²) in [6.07, 6.45) is 0. The van der Waals surface area contributed by atoms with E-state index in [4.69, 9.17) is 0 Å². The van der Waals surface area contributed by atoms with E-state index < -0.39 is 0 Å². The molecule has 0 atom stereocenters. The molecule has 0 radical (unpaired) electrons. The van der Waals surface area contributed by atoms with Crippen LogP contribution in [0.4, 0.5) is 17.1 Å². The normalized spacial score (nSPS) is 12.8. The SMILES string of the molecule is CC1(C)c2ccccc2-c2c(-c3ccccc3N(c3ccc(-c4ccccc4)cc3)c3ccccc3-c3ccc4ccccc4c3)cccc21. The maximum absolute atomic E-state index is 2.46. The van der Waals surface area contributed by atoms with Crippen molar-refractivity contribution in [3.8, 4) is 44.5 Å². The number of benzene rings is 8. The lowest BCUT2D eigenvalue weighted by Gasteiger charge is -2.30. The summed E-state index contributed by atoms with van der Waals surface area (Å²) in [5.41, 5.74) is 16.0. The third-order valence-corrected chi connectivity index (χ3v) is 10.5. The van der Waals surface area contributed by atoms with Crippen LogP contribution in [0.5, 0.6) is 0 Å². The Labute approximate surface area is 294 Å². The van der Waals surface area contributed by atoms with E-state index in [2.05, 4.69) is 207 Å². The lowest BCUT2D eigenvalue weighted by atomic mass is 9.82. The zero-order valence-electron chi connectivity index (χ0n) is 28.3. The fourth-order valence-electron chi connectivity index (χ4n) is 7.99. The minimum absolute atomic E-state index is 0.0769. The highest BCUT2D eigenvalue weighted by molar-refractivity contribution is 6.00. The number of nitrogens with zero attached hydrogens (tertiary/aromatic N) is 1. The second-order valence-electron chi connectivity index (χ2n) is 13.7. The molecule has 0 amide bonds. The Bertz CT molecular complexity index is 2510. The molecule has 0 heterocycles. The number of fused-ring (bicyclic) bond motifs is 4. The van der Waals surface area contributed by atoms with Crippen LogP contribution in [0, 0.1) is 0 Å². The molecule has 0 aromatic heterocycles. The van der Waals surface area contributed by atoms with Crippen LogP contribution >= 0.6 is 0 Å². The molecule has 1 nitrogen and oxygen atoms in total. The van der Waals surface area contributed by atoms with Gasteiger partial charge in [0.1, 0.15) is 0 Å². The predicted octanol–water partition coefficient (Wildman–Crippen LogP) is 13.6. The van der Waals surface area contributed by atoms with Crippen molar-refractivity contribution in [1.29, 1.82) is 0 Å². The van der Waals surface area contributed by atoms with Crippen molar-refractivity contribution >= 4 is 27.8 Å². The summed E-state index contributed by atoms with van der Waals surface area (Å²) in [5.74, 6) is 0. The minimum Gasteiger partial charge on any atom is -0.309 e. The second kappa shape index (κ2) is 12.1. The maximum atomic E-state index is 2.46. The highest BCUT2D eigenvalue weighted by atomic mass is 15.1. The van der Waals surface area contributed by atoms with Gasteiger partial charge in [0.2, 0.25) is 0 Å². The molecule has 8 aromatic rings. The van der Waals surface area contributed by atoms with E-state index in [0.29, 0.717) is 0 Å². The predicted molar refractivity (Wildman–Crippen MR) is 213 cm³/mol. The van der Waals surface area contributed by atoms with Crippen LogP contribution in [-0.4, -0.2) is 0 Å². The summed E-state index contributed by atoms with van der Waals surface area (Å²) in [4.78, 5) is 2.46. The molecule has 0 saturated heterocycles. The molecular weight excluding hydrogens is 603 g/mol. The van der Waals surface area contributed by atoms with Crippen LogP contribution in [-0.2, 0) is 5.41 Å². The van der Waals surface area contributed by atoms with Crippen LogP contribution in [0.25, 0.3) is 55.3 Å². The van der Waals surface area contributed by atoms with Crippen molar-refractivity contribution in [2.24, 2.45) is 0 Å². The molecule has 0 spiro atoms. The van der Waals surface area contributed by atoms with Gasteiger partial charge in [-0.15, -0.1) is 0 Å². The molecule has 50 heavy (non-hydrogen) atoms. The number of anilines is 3. The second-order valence-corrected chi connectivity index (χ2v) is 13.7. The molecular formula is C49H37N. The number of rotatable bonds is 6. The van der Waals surface area contributed by atoms with Crippen LogP contribution in [0.2, 0.25) is 0 Å². The van der Waals surface area contributed by atoms with Gasteiger partial charge < -0.3 is 4.90 Å². The van der Waals surface area contributed by atoms with Crippen molar-refractivity contribution in [3.63, 3.8) is 0 Å². The van der Waals surface area contributed by atoms with Crippen molar-refractivity contribution in [3.05, 3.63) is 199 Å². The Morgan fingerprint density at radius 3 is 1.68 bits per heavy atom. The van der Waals surface area contributed by atoms with E-state index in [9.17, 15) is 0 Å². The van der Waals surface area contributed by atoms with Crippen LogP contribution in [0.3, 0.4) is 0 Å². The number of hydrogen-bond donors (Lipinski definition) is 0. The number of para-hydroxylation sites is 2. The van der Waals surface area contributed by atoms with Gasteiger partial charge in [0.25, 0.3) is 0 Å². The van der Waals surface area contributed by atoms with E-state index in [1.165, 1.54) is 66.4 Å². The van der Waals surface area contributed by atoms with Crippen LogP contribution < -0.4 is 4.90 Å². The molecule has 8 aromatic carbocycles. The summed E-state index contributed by atoms with van der Waals surface area (Å²) in [6, 6.07) is 68.6. The van der Waals surface area contributed by atoms with Gasteiger partial charge >= 0.3 is 0 Å². The first-order valence-corrected chi connectivity index (χ1v) is 17.4. The van der Waals surface area contributed by atoms with Gasteiger partial charge in [0, 0.05) is 22.2 Å². The standard InChI is InChI=1S/C49H37N/c1-49(2)44-23-11-8-21-43(44)48-42(22-14-24-45(48)49)41-20-10-13-26-47(41)50(39-31-29-36(30-32-39)34-15-4-3-5-16-34)46-25-12-9-19-40(46)38-28-27-35-17-6-7-18-37(35)33-38/h3-33H,1-2H3. The lowest BCUT2D eigenvalue weighted by Crippen LogP contribution is -2.15. The molecule has 0 N–H and O–H groups in total. The molecule has 0 aliphatic heterocycles. The van der Waals surface area contributed by atoms with Gasteiger partial charge in [-0.1, -0.05) is 172 Å². The average Bonchev–Trinajstić information content (AvgIpc) is 3.42. The van der Waals surface area contributed by atoms with Gasteiger partial charge in [-0.25, -0.2) is 0 Å². The first-order valence-electron chi connectivity index (χ1n) is 17.4. The zero-order valence-corrected chi connectivity index (χ0v) is 28.3. The van der Waals surface area contributed by atoms with Crippen molar-refractivity contribution in [2.45, 2.75) is 19.3 Å². The Morgan fingerprint density at radius 2 is 0.900 bits per heavy atom. The fourth-order valence-corrected chi connectivity index (χ4v) is 7.99. The molecule has 0 saturated carbocycles. The molecule has 0 bridgehead atoms. The quantitative estimate of drug-likeness (QED) is 0.175. The minimum atomic E-state index is -0.0769. The molecule has 1 aliphatic carbocycles. The van der Waals surface area contributed by atoms with Gasteiger partial charge in [-0.3, -0.25) is 0 Å². The van der Waals surface area contributed by atoms with E-state index in [1.54, 1.807) is 0 Å². The van der Waals surface area contributed by atoms with Crippen molar-refractivity contribution in [1.82, 2.24) is 0 Å². The van der Waals surface area contributed by atoms with E-state index >= 15 is 0 Å². The van der Waals surface area contributed by atoms with Crippen molar-refractivity contribution in [2.75, 3.05) is 4.90 Å². The highest BCUT2D eigenvalue weighted by Crippen LogP contribution is 2.54. The van der Waals surface area contributed by atoms with Gasteiger partial charge in [-0.05, 0) is 85.6 Å². The van der Waals surface area contributed by atoms with Gasteiger partial charge in [-0.2, -0.15) is 0 Å². The van der Waals surface area contributed by atoms with E-state index in [1.807, 2.05) is 0 Å². The smallest absolute Gasteiger partial charge is 0.0540 e. The maximum Gasteiger partial charge on any atom is 0.0540 e. The molecule has 1 aliphatic rings. The average molecular weight is 640 g/mol. The summed E-state index contributed by atoms with van der Waals surface area (Å²) in [7, 11) is 0. The Morgan fingerprint density at radius 1 is 0.360 bits per heavy atom. The monoisotopic (exact) mass is 639 g/mol. The third kappa shape index (κ3) is 4.94. The van der Waals surface area contributed by atoms with Crippen LogP contribution in [0.1, 0.15) is 25.0 Å². The first-order chi connectivity index (χ1) is 24.6. The summed E-state index contributed by atoms with van der Waals surface area (Å²) >= 11 is 0. The number of hydrogen-bond acceptors (Lipinski definition) is 1. The largest absolute Gasteiger partial charge is 0.309 e. The molecule has 0 fully saturated rings. The zero-order chi connectivity index (χ0) is 33.7. The Hall–Kier alpha value is -6.18. The Kier molecular flexibility index (Phi) is 7.21. The Balaban J connectivity index is 1.28. The van der Waals surface area contributed by atoms with Crippen molar-refractivity contribution < 1.29 is 0 Å². The molecule has 9 rings (SSSR count). The lowest BCUT2D eigenvalue weighted by molar-refractivity contribution is 0.660. The van der Waals surface area contributed by atoms with E-state index in [0.717, 1.165) is 17.1 Å². The topological polar surface area (TPSA) is 3.24 Å². The van der Waals surface area contributed by atoms with Gasteiger partial charge in [0.05, 0.1) is 11.4 Å². The summed E-state index contributed by atoms with van der Waals surface area (Å²) in [6.45, 7) is 4.71. The first kappa shape index (κ1) is 29.9. The fraction of sp³-hybridized carbons (Fsp3) is 0.0612. The third-order valence-electron chi connectivity index (χ3n) is 10.5.